The Balaban J connectivity index is 1.64. The number of carbonyl (C=O) groups is 1. The first kappa shape index (κ1) is 16.1. The summed E-state index contributed by atoms with van der Waals surface area (Å²) in [6.45, 7) is 6.17. The molecule has 2 N–H and O–H groups in total. The Morgan fingerprint density at radius 1 is 1.25 bits per heavy atom. The molecule has 1 amide bonds. The lowest BCUT2D eigenvalue weighted by Gasteiger charge is -2.12. The maximum absolute atomic E-state index is 12.1. The fourth-order valence-corrected chi connectivity index (χ4v) is 2.45. The molecule has 0 aliphatic carbocycles. The van der Waals surface area contributed by atoms with Crippen molar-refractivity contribution in [2.75, 3.05) is 11.9 Å². The minimum Gasteiger partial charge on any atom is -0.483 e. The van der Waals surface area contributed by atoms with Gasteiger partial charge >= 0.3 is 0 Å². The monoisotopic (exact) mass is 323 g/mol. The molecule has 0 aliphatic heterocycles. The van der Waals surface area contributed by atoms with Crippen LogP contribution in [0.15, 0.2) is 42.5 Å². The second-order valence-corrected chi connectivity index (χ2v) is 6.12. The number of anilines is 1. The van der Waals surface area contributed by atoms with Crippen molar-refractivity contribution in [1.82, 2.24) is 9.97 Å². The second-order valence-electron chi connectivity index (χ2n) is 6.12. The van der Waals surface area contributed by atoms with E-state index in [9.17, 15) is 4.79 Å². The molecular formula is C19H21N3O2. The smallest absolute Gasteiger partial charge is 0.264 e. The highest BCUT2D eigenvalue weighted by Gasteiger charge is 2.10. The van der Waals surface area contributed by atoms with E-state index in [4.69, 9.17) is 4.74 Å². The van der Waals surface area contributed by atoms with E-state index in [-0.39, 0.29) is 12.5 Å². The summed E-state index contributed by atoms with van der Waals surface area (Å²) in [5.74, 6) is 1.33. The molecule has 0 radical (unpaired) electrons. The maximum Gasteiger partial charge on any atom is 0.264 e. The summed E-state index contributed by atoms with van der Waals surface area (Å²) in [5, 5.41) is 2.73. The van der Waals surface area contributed by atoms with Crippen LogP contribution in [0.4, 0.5) is 5.95 Å². The lowest BCUT2D eigenvalue weighted by atomic mass is 10.0. The van der Waals surface area contributed by atoms with E-state index in [1.54, 1.807) is 0 Å². The Hall–Kier alpha value is -2.82. The first-order chi connectivity index (χ1) is 11.5. The molecule has 0 aliphatic rings. The van der Waals surface area contributed by atoms with Crippen molar-refractivity contribution in [3.63, 3.8) is 0 Å². The minimum absolute atomic E-state index is 0.0561. The van der Waals surface area contributed by atoms with Crippen LogP contribution < -0.4 is 10.1 Å². The van der Waals surface area contributed by atoms with E-state index >= 15 is 0 Å². The summed E-state index contributed by atoms with van der Waals surface area (Å²) in [6.07, 6.45) is 0. The number of aromatic nitrogens is 2. The molecule has 0 saturated carbocycles. The van der Waals surface area contributed by atoms with Crippen molar-refractivity contribution in [3.05, 3.63) is 53.6 Å². The van der Waals surface area contributed by atoms with Gasteiger partial charge in [0.1, 0.15) is 5.75 Å². The van der Waals surface area contributed by atoms with Crippen LogP contribution >= 0.6 is 0 Å². The predicted molar refractivity (Wildman–Crippen MR) is 95.5 cm³/mol. The average Bonchev–Trinajstić information content (AvgIpc) is 2.96. The number of rotatable bonds is 5. The summed E-state index contributed by atoms with van der Waals surface area (Å²) in [7, 11) is 0. The Kier molecular flexibility index (Phi) is 4.51. The molecule has 0 atom stereocenters. The molecule has 3 rings (SSSR count). The summed E-state index contributed by atoms with van der Waals surface area (Å²) in [5.41, 5.74) is 3.90. The van der Waals surface area contributed by atoms with E-state index in [0.717, 1.165) is 22.3 Å². The summed E-state index contributed by atoms with van der Waals surface area (Å²) in [4.78, 5) is 19.5. The Morgan fingerprint density at radius 2 is 2.04 bits per heavy atom. The highest BCUT2D eigenvalue weighted by molar-refractivity contribution is 5.92. The number of amides is 1. The molecule has 5 nitrogen and oxygen atoms in total. The Bertz CT molecular complexity index is 835. The van der Waals surface area contributed by atoms with Gasteiger partial charge in [-0.05, 0) is 42.2 Å². The zero-order valence-electron chi connectivity index (χ0n) is 14.1. The summed E-state index contributed by atoms with van der Waals surface area (Å²) < 4.78 is 5.68. The number of nitrogens with zero attached hydrogens (tertiary/aromatic N) is 1. The molecule has 5 heteroatoms. The molecule has 0 unspecified atom stereocenters. The Labute approximate surface area is 141 Å². The van der Waals surface area contributed by atoms with E-state index in [1.807, 2.05) is 43.3 Å². The predicted octanol–water partition coefficient (Wildman–Crippen LogP) is 4.01. The van der Waals surface area contributed by atoms with E-state index in [1.165, 1.54) is 5.56 Å². The van der Waals surface area contributed by atoms with Gasteiger partial charge in [-0.2, -0.15) is 0 Å². The normalized spacial score (nSPS) is 11.0. The highest BCUT2D eigenvalue weighted by Crippen LogP contribution is 2.24. The van der Waals surface area contributed by atoms with Gasteiger partial charge in [-0.1, -0.05) is 38.1 Å². The van der Waals surface area contributed by atoms with Gasteiger partial charge in [-0.3, -0.25) is 10.1 Å². The van der Waals surface area contributed by atoms with Crippen molar-refractivity contribution in [2.45, 2.75) is 26.7 Å². The van der Waals surface area contributed by atoms with Crippen molar-refractivity contribution < 1.29 is 9.53 Å². The van der Waals surface area contributed by atoms with Crippen LogP contribution in [-0.4, -0.2) is 22.5 Å². The largest absolute Gasteiger partial charge is 0.483 e. The molecule has 24 heavy (non-hydrogen) atoms. The van der Waals surface area contributed by atoms with Crippen LogP contribution in [-0.2, 0) is 4.79 Å². The number of nitrogens with one attached hydrogen (secondary N) is 2. The maximum atomic E-state index is 12.1. The third-order valence-corrected chi connectivity index (χ3v) is 3.88. The van der Waals surface area contributed by atoms with Gasteiger partial charge in [0.2, 0.25) is 5.95 Å². The number of fused-ring (bicyclic) bond motifs is 1. The van der Waals surface area contributed by atoms with Crippen LogP contribution in [0.3, 0.4) is 0 Å². The molecule has 0 fully saturated rings. The number of carbonyl (C=O) groups excluding carboxylic acids is 1. The van der Waals surface area contributed by atoms with Crippen LogP contribution in [0.25, 0.3) is 11.0 Å². The lowest BCUT2D eigenvalue weighted by molar-refractivity contribution is -0.118. The number of ether oxygens (including phenoxy) is 1. The molecular weight excluding hydrogens is 302 g/mol. The zero-order chi connectivity index (χ0) is 17.1. The van der Waals surface area contributed by atoms with Crippen molar-refractivity contribution in [3.8, 4) is 5.75 Å². The molecule has 0 bridgehead atoms. The Morgan fingerprint density at radius 3 is 2.79 bits per heavy atom. The number of H-pyrrole nitrogens is 1. The van der Waals surface area contributed by atoms with Gasteiger partial charge < -0.3 is 9.72 Å². The zero-order valence-corrected chi connectivity index (χ0v) is 14.1. The second kappa shape index (κ2) is 6.74. The van der Waals surface area contributed by atoms with E-state index < -0.39 is 0 Å². The minimum atomic E-state index is -0.247. The average molecular weight is 323 g/mol. The van der Waals surface area contributed by atoms with Crippen LogP contribution in [0.2, 0.25) is 0 Å². The fraction of sp³-hybridized carbons (Fsp3) is 0.263. The number of para-hydroxylation sites is 2. The van der Waals surface area contributed by atoms with Gasteiger partial charge in [0.05, 0.1) is 11.0 Å². The number of hydrogen-bond acceptors (Lipinski definition) is 3. The third kappa shape index (κ3) is 3.56. The fourth-order valence-electron chi connectivity index (χ4n) is 2.45. The van der Waals surface area contributed by atoms with Crippen LogP contribution in [0.5, 0.6) is 5.75 Å². The molecule has 124 valence electrons. The standard InChI is InChI=1S/C19H21N3O2/c1-12(2)14-9-8-13(3)17(10-14)24-11-18(23)22-19-20-15-6-4-5-7-16(15)21-19/h4-10,12H,11H2,1-3H3,(H2,20,21,22,23). The van der Waals surface area contributed by atoms with Crippen molar-refractivity contribution in [1.29, 1.82) is 0 Å². The van der Waals surface area contributed by atoms with Gasteiger partial charge in [0.15, 0.2) is 6.61 Å². The topological polar surface area (TPSA) is 67.0 Å². The first-order valence-corrected chi connectivity index (χ1v) is 8.01. The number of aromatic amines is 1. The number of imidazole rings is 1. The summed E-state index contributed by atoms with van der Waals surface area (Å²) in [6, 6.07) is 13.7. The lowest BCUT2D eigenvalue weighted by Crippen LogP contribution is -2.21. The molecule has 1 aromatic heterocycles. The SMILES string of the molecule is Cc1ccc(C(C)C)cc1OCC(=O)Nc1nc2ccccc2[nH]1. The molecule has 2 aromatic carbocycles. The van der Waals surface area contributed by atoms with Crippen molar-refractivity contribution >= 4 is 22.9 Å². The molecule has 1 heterocycles. The van der Waals surface area contributed by atoms with Crippen LogP contribution in [0, 0.1) is 6.92 Å². The first-order valence-electron chi connectivity index (χ1n) is 8.01. The molecule has 0 saturated heterocycles. The van der Waals surface area contributed by atoms with Gasteiger partial charge in [-0.25, -0.2) is 4.98 Å². The number of hydrogen-bond donors (Lipinski definition) is 2. The third-order valence-electron chi connectivity index (χ3n) is 3.88. The van der Waals surface area contributed by atoms with Crippen LogP contribution in [0.1, 0.15) is 30.9 Å². The van der Waals surface area contributed by atoms with Gasteiger partial charge in [-0.15, -0.1) is 0 Å². The number of benzene rings is 2. The van der Waals surface area contributed by atoms with E-state index in [0.29, 0.717) is 11.9 Å². The van der Waals surface area contributed by atoms with Gasteiger partial charge in [0.25, 0.3) is 5.91 Å². The molecule has 0 spiro atoms. The quantitative estimate of drug-likeness (QED) is 0.745. The van der Waals surface area contributed by atoms with Gasteiger partial charge in [0, 0.05) is 0 Å². The number of aryl methyl sites for hydroxylation is 1. The summed E-state index contributed by atoms with van der Waals surface area (Å²) >= 11 is 0. The molecule has 3 aromatic rings. The van der Waals surface area contributed by atoms with Crippen molar-refractivity contribution in [2.24, 2.45) is 0 Å². The van der Waals surface area contributed by atoms with E-state index in [2.05, 4.69) is 35.2 Å². The highest BCUT2D eigenvalue weighted by atomic mass is 16.5.